The van der Waals surface area contributed by atoms with Crippen molar-refractivity contribution in [3.05, 3.63) is 11.9 Å². The van der Waals surface area contributed by atoms with E-state index < -0.39 is 0 Å². The van der Waals surface area contributed by atoms with Crippen molar-refractivity contribution >= 4 is 0 Å². The van der Waals surface area contributed by atoms with Gasteiger partial charge in [-0.25, -0.2) is 0 Å². The minimum atomic E-state index is 0.0776. The Hall–Kier alpha value is -1.06. The van der Waals surface area contributed by atoms with Crippen molar-refractivity contribution in [2.75, 3.05) is 19.1 Å². The number of aromatic nitrogens is 3. The van der Waals surface area contributed by atoms with E-state index in [1.54, 1.807) is 4.79 Å². The first-order chi connectivity index (χ1) is 5.41. The fourth-order valence-electron chi connectivity index (χ4n) is 0.794. The first kappa shape index (κ1) is 9.03. The van der Waals surface area contributed by atoms with Gasteiger partial charge >= 0.3 is 0 Å². The lowest BCUT2D eigenvalue weighted by atomic mass is 9.93. The molecule has 0 fully saturated rings. The average molecular weight is 168 g/mol. The third-order valence-corrected chi connectivity index (χ3v) is 1.66. The summed E-state index contributed by atoms with van der Waals surface area (Å²) in [5, 5.41) is 9.93. The van der Waals surface area contributed by atoms with Gasteiger partial charge in [0.1, 0.15) is 0 Å². The highest BCUT2D eigenvalue weighted by Crippen LogP contribution is 2.18. The Morgan fingerprint density at radius 3 is 2.17 bits per heavy atom. The van der Waals surface area contributed by atoms with Crippen LogP contribution in [0.2, 0.25) is 0 Å². The van der Waals surface area contributed by atoms with Crippen molar-refractivity contribution in [3.63, 3.8) is 0 Å². The molecule has 12 heavy (non-hydrogen) atoms. The van der Waals surface area contributed by atoms with Gasteiger partial charge in [-0.1, -0.05) is 20.8 Å². The Bertz CT molecular complexity index is 256. The van der Waals surface area contributed by atoms with Crippen LogP contribution < -0.4 is 5.01 Å². The van der Waals surface area contributed by atoms with Crippen LogP contribution in [0, 0.1) is 0 Å². The summed E-state index contributed by atoms with van der Waals surface area (Å²) in [6.07, 6.45) is 1.94. The van der Waals surface area contributed by atoms with Crippen LogP contribution in [0.15, 0.2) is 6.20 Å². The smallest absolute Gasteiger partial charge is 0.0902 e. The van der Waals surface area contributed by atoms with Crippen molar-refractivity contribution in [3.8, 4) is 0 Å². The Labute approximate surface area is 73.1 Å². The van der Waals surface area contributed by atoms with Gasteiger partial charge in [0.05, 0.1) is 11.9 Å². The average Bonchev–Trinajstić information content (AvgIpc) is 2.30. The molecule has 4 heteroatoms. The third kappa shape index (κ3) is 1.75. The molecule has 0 amide bonds. The van der Waals surface area contributed by atoms with Gasteiger partial charge in [0.2, 0.25) is 0 Å². The molecular weight excluding hydrogens is 152 g/mol. The largest absolute Gasteiger partial charge is 0.302 e. The van der Waals surface area contributed by atoms with Gasteiger partial charge < -0.3 is 5.01 Å². The van der Waals surface area contributed by atoms with Crippen LogP contribution in [0.4, 0.5) is 0 Å². The van der Waals surface area contributed by atoms with Crippen LogP contribution in [-0.4, -0.2) is 29.2 Å². The lowest BCUT2D eigenvalue weighted by Crippen LogP contribution is -2.25. The summed E-state index contributed by atoms with van der Waals surface area (Å²) in [5.41, 5.74) is 1.09. The molecule has 0 aliphatic carbocycles. The van der Waals surface area contributed by atoms with Crippen molar-refractivity contribution in [2.45, 2.75) is 26.2 Å². The van der Waals surface area contributed by atoms with Crippen LogP contribution in [0.1, 0.15) is 26.5 Å². The second-order valence-electron chi connectivity index (χ2n) is 4.12. The van der Waals surface area contributed by atoms with E-state index in [1.807, 2.05) is 25.3 Å². The summed E-state index contributed by atoms with van der Waals surface area (Å²) in [6.45, 7) is 6.37. The van der Waals surface area contributed by atoms with Gasteiger partial charge in [-0.2, -0.15) is 4.79 Å². The maximum atomic E-state index is 4.08. The van der Waals surface area contributed by atoms with Crippen LogP contribution in [0.5, 0.6) is 0 Å². The zero-order valence-electron chi connectivity index (χ0n) is 8.37. The molecule has 0 aromatic carbocycles. The molecule has 0 aliphatic rings. The molecule has 1 aromatic heterocycles. The Morgan fingerprint density at radius 2 is 1.92 bits per heavy atom. The van der Waals surface area contributed by atoms with Crippen LogP contribution in [0.3, 0.4) is 0 Å². The minimum absolute atomic E-state index is 0.0776. The Kier molecular flexibility index (Phi) is 2.08. The molecule has 0 aliphatic heterocycles. The second kappa shape index (κ2) is 2.77. The molecule has 0 saturated heterocycles. The Morgan fingerprint density at radius 1 is 1.33 bits per heavy atom. The molecule has 0 saturated carbocycles. The van der Waals surface area contributed by atoms with Crippen LogP contribution in [0.25, 0.3) is 0 Å². The topological polar surface area (TPSA) is 34.0 Å². The lowest BCUT2D eigenvalue weighted by Gasteiger charge is -2.14. The van der Waals surface area contributed by atoms with Crippen LogP contribution >= 0.6 is 0 Å². The number of rotatable bonds is 1. The van der Waals surface area contributed by atoms with E-state index in [1.165, 1.54) is 0 Å². The summed E-state index contributed by atoms with van der Waals surface area (Å²) in [7, 11) is 3.86. The van der Waals surface area contributed by atoms with E-state index in [2.05, 4.69) is 31.1 Å². The Balaban J connectivity index is 2.92. The molecule has 0 N–H and O–H groups in total. The molecule has 0 bridgehead atoms. The summed E-state index contributed by atoms with van der Waals surface area (Å²) >= 11 is 0. The van der Waals surface area contributed by atoms with Gasteiger partial charge in [0.15, 0.2) is 0 Å². The summed E-state index contributed by atoms with van der Waals surface area (Å²) in [4.78, 5) is 1.72. The highest BCUT2D eigenvalue weighted by atomic mass is 15.7. The maximum absolute atomic E-state index is 4.08. The molecular formula is C8H16N4. The molecule has 4 nitrogen and oxygen atoms in total. The first-order valence-corrected chi connectivity index (χ1v) is 4.01. The van der Waals surface area contributed by atoms with Crippen LogP contribution in [-0.2, 0) is 5.41 Å². The van der Waals surface area contributed by atoms with Crippen molar-refractivity contribution in [1.29, 1.82) is 0 Å². The van der Waals surface area contributed by atoms with E-state index in [-0.39, 0.29) is 5.41 Å². The zero-order valence-corrected chi connectivity index (χ0v) is 8.37. The summed E-state index contributed by atoms with van der Waals surface area (Å²) in [5.74, 6) is 0. The zero-order chi connectivity index (χ0) is 9.35. The number of hydrogen-bond acceptors (Lipinski definition) is 3. The summed E-state index contributed by atoms with van der Waals surface area (Å²) < 4.78 is 0. The highest BCUT2D eigenvalue weighted by Gasteiger charge is 2.17. The van der Waals surface area contributed by atoms with Gasteiger partial charge in [0, 0.05) is 19.5 Å². The summed E-state index contributed by atoms with van der Waals surface area (Å²) in [6, 6.07) is 0. The number of nitrogens with zero attached hydrogens (tertiary/aromatic N) is 4. The normalized spacial score (nSPS) is 11.8. The molecule has 68 valence electrons. The monoisotopic (exact) mass is 168 g/mol. The lowest BCUT2D eigenvalue weighted by molar-refractivity contribution is 0.566. The van der Waals surface area contributed by atoms with Crippen molar-refractivity contribution < 1.29 is 0 Å². The molecule has 0 unspecified atom stereocenters. The molecule has 0 atom stereocenters. The number of hydrogen-bond donors (Lipinski definition) is 0. The minimum Gasteiger partial charge on any atom is -0.302 e. The maximum Gasteiger partial charge on any atom is 0.0902 e. The molecule has 1 heterocycles. The predicted molar refractivity (Wildman–Crippen MR) is 48.8 cm³/mol. The van der Waals surface area contributed by atoms with Gasteiger partial charge in [-0.15, -0.1) is 5.10 Å². The van der Waals surface area contributed by atoms with E-state index in [0.717, 1.165) is 5.69 Å². The van der Waals surface area contributed by atoms with E-state index in [4.69, 9.17) is 0 Å². The molecule has 1 aromatic rings. The molecule has 1 rings (SSSR count). The van der Waals surface area contributed by atoms with Gasteiger partial charge in [0.25, 0.3) is 0 Å². The fourth-order valence-corrected chi connectivity index (χ4v) is 0.794. The van der Waals surface area contributed by atoms with Crippen molar-refractivity contribution in [2.24, 2.45) is 0 Å². The fraction of sp³-hybridized carbons (Fsp3) is 0.750. The van der Waals surface area contributed by atoms with Gasteiger partial charge in [-0.05, 0) is 5.21 Å². The van der Waals surface area contributed by atoms with E-state index in [9.17, 15) is 0 Å². The highest BCUT2D eigenvalue weighted by molar-refractivity contribution is 5.06. The predicted octanol–water partition coefficient (Wildman–Crippen LogP) is 0.773. The van der Waals surface area contributed by atoms with E-state index in [0.29, 0.717) is 0 Å². The standard InChI is InChI=1S/C8H16N4/c1-8(2,3)7-6-12(10-9-7)11(4)5/h6H,1-5H3. The first-order valence-electron chi connectivity index (χ1n) is 4.01. The molecule has 0 radical (unpaired) electrons. The van der Waals surface area contributed by atoms with Crippen molar-refractivity contribution in [1.82, 2.24) is 15.1 Å². The quantitative estimate of drug-likeness (QED) is 0.621. The van der Waals surface area contributed by atoms with Gasteiger partial charge in [-0.3, -0.25) is 0 Å². The SMILES string of the molecule is CN(C)n1cc(C(C)(C)C)nn1. The molecule has 0 spiro atoms. The third-order valence-electron chi connectivity index (χ3n) is 1.66. The second-order valence-corrected chi connectivity index (χ2v) is 4.12. The van der Waals surface area contributed by atoms with E-state index >= 15 is 0 Å².